The summed E-state index contributed by atoms with van der Waals surface area (Å²) in [7, 11) is 4.05. The van der Waals surface area contributed by atoms with E-state index in [0.717, 1.165) is 28.1 Å². The quantitative estimate of drug-likeness (QED) is 0.456. The van der Waals surface area contributed by atoms with Crippen molar-refractivity contribution in [1.82, 2.24) is 9.88 Å². The van der Waals surface area contributed by atoms with Gasteiger partial charge in [-0.2, -0.15) is 0 Å². The number of anilines is 1. The Morgan fingerprint density at radius 2 is 1.89 bits per heavy atom. The van der Waals surface area contributed by atoms with E-state index >= 15 is 0 Å². The monoisotopic (exact) mass is 463 g/mol. The van der Waals surface area contributed by atoms with Gasteiger partial charge in [0.15, 0.2) is 5.13 Å². The maximum Gasteiger partial charge on any atom is 0.234 e. The van der Waals surface area contributed by atoms with Crippen LogP contribution in [0.3, 0.4) is 0 Å². The van der Waals surface area contributed by atoms with E-state index in [4.69, 9.17) is 23.2 Å². The number of benzene rings is 1. The highest BCUT2D eigenvalue weighted by molar-refractivity contribution is 7.22. The Labute approximate surface area is 183 Å². The highest BCUT2D eigenvalue weighted by Gasteiger charge is 2.21. The average Bonchev–Trinajstić information content (AvgIpc) is 3.18. The molecule has 3 aromatic rings. The van der Waals surface area contributed by atoms with Crippen LogP contribution in [0.2, 0.25) is 9.36 Å². The van der Waals surface area contributed by atoms with Gasteiger partial charge in [0.2, 0.25) is 5.91 Å². The first kappa shape index (κ1) is 22.4. The van der Waals surface area contributed by atoms with Crippen LogP contribution in [0.4, 0.5) is 5.13 Å². The van der Waals surface area contributed by atoms with E-state index in [1.165, 1.54) is 22.7 Å². The molecule has 1 aromatic carbocycles. The zero-order valence-corrected chi connectivity index (χ0v) is 18.9. The van der Waals surface area contributed by atoms with Gasteiger partial charge < -0.3 is 4.90 Å². The number of hydrogen-bond acceptors (Lipinski definition) is 5. The largest absolute Gasteiger partial charge is 0.309 e. The summed E-state index contributed by atoms with van der Waals surface area (Å²) in [6, 6.07) is 9.42. The third kappa shape index (κ3) is 5.79. The zero-order valence-electron chi connectivity index (χ0n) is 14.9. The number of fused-ring (bicyclic) bond motifs is 1. The number of hydrogen-bond donors (Lipinski definition) is 0. The Balaban J connectivity index is 0.00000261. The van der Waals surface area contributed by atoms with Crippen molar-refractivity contribution >= 4 is 79.5 Å². The van der Waals surface area contributed by atoms with Crippen molar-refractivity contribution in [3.63, 3.8) is 0 Å². The second-order valence-corrected chi connectivity index (χ2v) is 9.38. The summed E-state index contributed by atoms with van der Waals surface area (Å²) in [6.45, 7) is 1.52. The Morgan fingerprint density at radius 1 is 1.11 bits per heavy atom. The molecule has 0 N–H and O–H groups in total. The number of para-hydroxylation sites is 1. The van der Waals surface area contributed by atoms with Crippen LogP contribution in [0.25, 0.3) is 10.2 Å². The number of nitrogens with zero attached hydrogens (tertiary/aromatic N) is 3. The summed E-state index contributed by atoms with van der Waals surface area (Å²) in [5, 5.41) is 1.30. The fourth-order valence-corrected chi connectivity index (χ4v) is 4.97. The van der Waals surface area contributed by atoms with Crippen LogP contribution < -0.4 is 4.90 Å². The first-order valence-corrected chi connectivity index (χ1v) is 10.6. The van der Waals surface area contributed by atoms with Crippen molar-refractivity contribution in [1.29, 1.82) is 0 Å². The highest BCUT2D eigenvalue weighted by Crippen LogP contribution is 2.33. The number of aromatic nitrogens is 1. The lowest BCUT2D eigenvalue weighted by Crippen LogP contribution is -2.34. The van der Waals surface area contributed by atoms with E-state index in [1.54, 1.807) is 4.90 Å². The molecule has 0 bridgehead atoms. The van der Waals surface area contributed by atoms with E-state index in [-0.39, 0.29) is 18.3 Å². The maximum atomic E-state index is 13.0. The maximum absolute atomic E-state index is 13.0. The fraction of sp³-hybridized carbons (Fsp3) is 0.333. The first-order chi connectivity index (χ1) is 12.4. The number of thiophene rings is 1. The molecule has 3 rings (SSSR count). The molecule has 1 amide bonds. The molecule has 0 aliphatic rings. The number of thiazole rings is 1. The van der Waals surface area contributed by atoms with Crippen LogP contribution in [0.15, 0.2) is 30.3 Å². The Morgan fingerprint density at radius 3 is 2.52 bits per heavy atom. The van der Waals surface area contributed by atoms with Crippen LogP contribution in [0, 0.1) is 0 Å². The van der Waals surface area contributed by atoms with Gasteiger partial charge in [0.05, 0.1) is 20.5 Å². The van der Waals surface area contributed by atoms with Crippen molar-refractivity contribution in [2.24, 2.45) is 0 Å². The number of rotatable bonds is 7. The summed E-state index contributed by atoms with van der Waals surface area (Å²) >= 11 is 15.2. The van der Waals surface area contributed by atoms with E-state index in [0.29, 0.717) is 27.5 Å². The molecular formula is C18H20Cl3N3OS2. The lowest BCUT2D eigenvalue weighted by atomic mass is 10.3. The standard InChI is InChI=1S/C18H19Cl2N3OS2.ClH/c1-22(2)9-4-10-23(16(24)11-12-7-8-15(20)25-12)18-21-17-13(19)5-3-6-14(17)26-18;/h3,5-8H,4,9-11H2,1-2H3;1H. The molecule has 0 fully saturated rings. The van der Waals surface area contributed by atoms with E-state index in [1.807, 2.05) is 44.4 Å². The predicted octanol–water partition coefficient (Wildman–Crippen LogP) is 5.61. The lowest BCUT2D eigenvalue weighted by Gasteiger charge is -2.20. The van der Waals surface area contributed by atoms with Crippen molar-refractivity contribution in [2.45, 2.75) is 12.8 Å². The molecule has 0 radical (unpaired) electrons. The number of carbonyl (C=O) groups excluding carboxylic acids is 1. The van der Waals surface area contributed by atoms with Gasteiger partial charge in [0.25, 0.3) is 0 Å². The van der Waals surface area contributed by atoms with Gasteiger partial charge in [-0.15, -0.1) is 23.7 Å². The third-order valence-corrected chi connectivity index (χ3v) is 6.41. The van der Waals surface area contributed by atoms with Crippen molar-refractivity contribution in [3.05, 3.63) is 44.6 Å². The van der Waals surface area contributed by atoms with Crippen LogP contribution in [-0.4, -0.2) is 43.0 Å². The molecule has 0 aliphatic heterocycles. The van der Waals surface area contributed by atoms with Crippen LogP contribution >= 0.6 is 58.3 Å². The summed E-state index contributed by atoms with van der Waals surface area (Å²) in [6.07, 6.45) is 1.19. The van der Waals surface area contributed by atoms with Crippen LogP contribution in [-0.2, 0) is 11.2 Å². The molecule has 2 aromatic heterocycles. The Kier molecular flexibility index (Phi) is 8.34. The normalized spacial score (nSPS) is 11.0. The summed E-state index contributed by atoms with van der Waals surface area (Å²) < 4.78 is 1.68. The van der Waals surface area contributed by atoms with E-state index in [2.05, 4.69) is 9.88 Å². The highest BCUT2D eigenvalue weighted by atomic mass is 35.5. The van der Waals surface area contributed by atoms with Crippen molar-refractivity contribution < 1.29 is 4.79 Å². The number of amides is 1. The Bertz CT molecular complexity index is 910. The number of carbonyl (C=O) groups is 1. The molecule has 146 valence electrons. The SMILES string of the molecule is CN(C)CCCN(C(=O)Cc1ccc(Cl)s1)c1nc2c(Cl)cccc2s1.Cl. The van der Waals surface area contributed by atoms with Gasteiger partial charge in [-0.25, -0.2) is 4.98 Å². The number of halogens is 3. The zero-order chi connectivity index (χ0) is 18.7. The topological polar surface area (TPSA) is 36.4 Å². The molecule has 0 atom stereocenters. The second kappa shape index (κ2) is 10.0. The summed E-state index contributed by atoms with van der Waals surface area (Å²) in [5.74, 6) is 0.0254. The van der Waals surface area contributed by atoms with Crippen molar-refractivity contribution in [2.75, 3.05) is 32.1 Å². The molecule has 0 saturated heterocycles. The minimum atomic E-state index is 0. The second-order valence-electron chi connectivity index (χ2n) is 6.17. The molecule has 27 heavy (non-hydrogen) atoms. The molecule has 0 saturated carbocycles. The minimum Gasteiger partial charge on any atom is -0.309 e. The summed E-state index contributed by atoms with van der Waals surface area (Å²) in [4.78, 5) is 22.4. The molecule has 0 spiro atoms. The molecule has 9 heteroatoms. The lowest BCUT2D eigenvalue weighted by molar-refractivity contribution is -0.118. The predicted molar refractivity (Wildman–Crippen MR) is 120 cm³/mol. The minimum absolute atomic E-state index is 0. The van der Waals surface area contributed by atoms with Crippen LogP contribution in [0.5, 0.6) is 0 Å². The van der Waals surface area contributed by atoms with Gasteiger partial charge >= 0.3 is 0 Å². The Hall–Kier alpha value is -0.890. The summed E-state index contributed by atoms with van der Waals surface area (Å²) in [5.41, 5.74) is 0.749. The van der Waals surface area contributed by atoms with Gasteiger partial charge in [-0.1, -0.05) is 40.6 Å². The molecule has 0 unspecified atom stereocenters. The molecule has 0 aliphatic carbocycles. The average molecular weight is 465 g/mol. The molecular weight excluding hydrogens is 445 g/mol. The van der Waals surface area contributed by atoms with E-state index < -0.39 is 0 Å². The van der Waals surface area contributed by atoms with Crippen LogP contribution in [0.1, 0.15) is 11.3 Å². The third-order valence-electron chi connectivity index (χ3n) is 3.83. The van der Waals surface area contributed by atoms with Gasteiger partial charge in [-0.3, -0.25) is 9.69 Å². The van der Waals surface area contributed by atoms with Gasteiger partial charge in [0, 0.05) is 11.4 Å². The smallest absolute Gasteiger partial charge is 0.234 e. The van der Waals surface area contributed by atoms with E-state index in [9.17, 15) is 4.79 Å². The van der Waals surface area contributed by atoms with Crippen molar-refractivity contribution in [3.8, 4) is 0 Å². The van der Waals surface area contributed by atoms with Gasteiger partial charge in [-0.05, 0) is 51.3 Å². The van der Waals surface area contributed by atoms with Gasteiger partial charge in [0.1, 0.15) is 5.52 Å². The molecule has 4 nitrogen and oxygen atoms in total. The fourth-order valence-electron chi connectivity index (χ4n) is 2.58. The first-order valence-electron chi connectivity index (χ1n) is 8.18. The molecule has 2 heterocycles.